The number of furan rings is 1. The van der Waals surface area contributed by atoms with E-state index in [4.69, 9.17) is 10.2 Å². The van der Waals surface area contributed by atoms with Crippen LogP contribution in [0.1, 0.15) is 43.0 Å². The van der Waals surface area contributed by atoms with E-state index in [1.807, 2.05) is 19.1 Å². The van der Waals surface area contributed by atoms with Gasteiger partial charge in [0.05, 0.1) is 0 Å². The summed E-state index contributed by atoms with van der Waals surface area (Å²) in [7, 11) is 0. The Morgan fingerprint density at radius 1 is 1.35 bits per heavy atom. The third-order valence-corrected chi connectivity index (χ3v) is 4.28. The van der Waals surface area contributed by atoms with Crippen molar-refractivity contribution in [3.8, 4) is 0 Å². The topological polar surface area (TPSA) is 51.2 Å². The summed E-state index contributed by atoms with van der Waals surface area (Å²) in [6.07, 6.45) is 5.48. The second kappa shape index (κ2) is 5.98. The number of hydrogen-bond donors (Lipinski definition) is 2. The van der Waals surface area contributed by atoms with E-state index < -0.39 is 0 Å². The Kier molecular flexibility index (Phi) is 4.08. The predicted molar refractivity (Wildman–Crippen MR) is 82.7 cm³/mol. The molecule has 1 atom stereocenters. The number of hydrogen-bond acceptors (Lipinski definition) is 3. The number of benzene rings is 1. The molecule has 2 aromatic rings. The van der Waals surface area contributed by atoms with Crippen LogP contribution >= 0.6 is 0 Å². The molecule has 3 nitrogen and oxygen atoms in total. The summed E-state index contributed by atoms with van der Waals surface area (Å²) in [5, 5.41) is 4.79. The van der Waals surface area contributed by atoms with Gasteiger partial charge in [0, 0.05) is 23.5 Å². The molecule has 1 heterocycles. The molecule has 1 aromatic carbocycles. The molecule has 3 rings (SSSR count). The van der Waals surface area contributed by atoms with Gasteiger partial charge in [0.15, 0.2) is 0 Å². The second-order valence-electron chi connectivity index (χ2n) is 5.90. The minimum Gasteiger partial charge on any atom is -0.461 e. The fourth-order valence-electron chi connectivity index (χ4n) is 3.00. The van der Waals surface area contributed by atoms with E-state index in [1.54, 1.807) is 0 Å². The van der Waals surface area contributed by atoms with Gasteiger partial charge < -0.3 is 15.5 Å². The summed E-state index contributed by atoms with van der Waals surface area (Å²) in [6, 6.07) is 8.40. The first-order valence-corrected chi connectivity index (χ1v) is 7.71. The number of nitrogens with one attached hydrogen (secondary N) is 1. The molecule has 0 aliphatic heterocycles. The first-order valence-electron chi connectivity index (χ1n) is 7.71. The summed E-state index contributed by atoms with van der Waals surface area (Å²) in [6.45, 7) is 3.68. The van der Waals surface area contributed by atoms with Gasteiger partial charge in [-0.15, -0.1) is 0 Å². The minimum atomic E-state index is 0.192. The zero-order chi connectivity index (χ0) is 13.9. The van der Waals surface area contributed by atoms with Crippen molar-refractivity contribution in [3.05, 3.63) is 35.6 Å². The van der Waals surface area contributed by atoms with Crippen LogP contribution in [0.4, 0.5) is 0 Å². The molecule has 0 bridgehead atoms. The summed E-state index contributed by atoms with van der Waals surface area (Å²) < 4.78 is 5.84. The van der Waals surface area contributed by atoms with Gasteiger partial charge in [0.2, 0.25) is 0 Å². The van der Waals surface area contributed by atoms with Crippen molar-refractivity contribution in [2.45, 2.75) is 38.6 Å². The van der Waals surface area contributed by atoms with Gasteiger partial charge in [-0.25, -0.2) is 0 Å². The van der Waals surface area contributed by atoms with Gasteiger partial charge >= 0.3 is 0 Å². The van der Waals surface area contributed by atoms with Crippen LogP contribution in [0.5, 0.6) is 0 Å². The Balaban J connectivity index is 1.70. The third-order valence-electron chi connectivity index (χ3n) is 4.28. The third kappa shape index (κ3) is 2.89. The zero-order valence-corrected chi connectivity index (χ0v) is 12.2. The molecular formula is C17H24N2O. The molecule has 1 saturated carbocycles. The lowest BCUT2D eigenvalue weighted by Crippen LogP contribution is -2.29. The van der Waals surface area contributed by atoms with Crippen molar-refractivity contribution in [2.75, 3.05) is 13.1 Å². The predicted octanol–water partition coefficient (Wildman–Crippen LogP) is 3.52. The monoisotopic (exact) mass is 272 g/mol. The normalized spacial score (nSPS) is 16.7. The molecule has 1 unspecified atom stereocenters. The average molecular weight is 272 g/mol. The highest BCUT2D eigenvalue weighted by Gasteiger charge is 2.21. The highest BCUT2D eigenvalue weighted by atomic mass is 16.3. The molecule has 0 amide bonds. The van der Waals surface area contributed by atoms with E-state index in [2.05, 4.69) is 17.4 Å². The molecule has 3 heteroatoms. The standard InChI is InChI=1S/C17H24N2O/c1-12-17(14-6-2-3-7-16(14)20-12)15(11-18)19-10-4-5-13-8-9-13/h2-3,6-7,13,15,19H,4-5,8-11,18H2,1H3. The molecule has 1 fully saturated rings. The zero-order valence-electron chi connectivity index (χ0n) is 12.2. The maximum Gasteiger partial charge on any atom is 0.134 e. The van der Waals surface area contributed by atoms with Gasteiger partial charge in [-0.05, 0) is 38.3 Å². The maximum absolute atomic E-state index is 5.97. The molecule has 1 aliphatic carbocycles. The van der Waals surface area contributed by atoms with E-state index in [9.17, 15) is 0 Å². The quantitative estimate of drug-likeness (QED) is 0.758. The van der Waals surface area contributed by atoms with Gasteiger partial charge in [0.25, 0.3) is 0 Å². The molecule has 20 heavy (non-hydrogen) atoms. The highest BCUT2D eigenvalue weighted by Crippen LogP contribution is 2.33. The smallest absolute Gasteiger partial charge is 0.134 e. The summed E-state index contributed by atoms with van der Waals surface area (Å²) in [4.78, 5) is 0. The van der Waals surface area contributed by atoms with Crippen LogP contribution in [0.2, 0.25) is 0 Å². The SMILES string of the molecule is Cc1oc2ccccc2c1C(CN)NCCCC1CC1. The van der Waals surface area contributed by atoms with Crippen LogP contribution in [0.25, 0.3) is 11.0 Å². The van der Waals surface area contributed by atoms with Crippen LogP contribution in [-0.2, 0) is 0 Å². The lowest BCUT2D eigenvalue weighted by molar-refractivity contribution is 0.497. The van der Waals surface area contributed by atoms with E-state index in [0.29, 0.717) is 6.54 Å². The minimum absolute atomic E-state index is 0.192. The van der Waals surface area contributed by atoms with Gasteiger partial charge in [-0.2, -0.15) is 0 Å². The first-order chi connectivity index (χ1) is 9.79. The van der Waals surface area contributed by atoms with E-state index in [-0.39, 0.29) is 6.04 Å². The van der Waals surface area contributed by atoms with Crippen molar-refractivity contribution >= 4 is 11.0 Å². The number of rotatable bonds is 7. The maximum atomic E-state index is 5.97. The Morgan fingerprint density at radius 3 is 2.90 bits per heavy atom. The Morgan fingerprint density at radius 2 is 2.15 bits per heavy atom. The average Bonchev–Trinajstić information content (AvgIpc) is 3.22. The summed E-state index contributed by atoms with van der Waals surface area (Å²) in [5.74, 6) is 1.99. The van der Waals surface area contributed by atoms with Crippen molar-refractivity contribution in [1.82, 2.24) is 5.32 Å². The van der Waals surface area contributed by atoms with Crippen molar-refractivity contribution in [1.29, 1.82) is 0 Å². The molecule has 1 aromatic heterocycles. The Hall–Kier alpha value is -1.32. The molecule has 0 saturated heterocycles. The number of para-hydroxylation sites is 1. The number of nitrogens with two attached hydrogens (primary N) is 1. The van der Waals surface area contributed by atoms with Crippen LogP contribution in [0.15, 0.2) is 28.7 Å². The van der Waals surface area contributed by atoms with Crippen LogP contribution in [0.3, 0.4) is 0 Å². The second-order valence-corrected chi connectivity index (χ2v) is 5.90. The molecule has 108 valence electrons. The van der Waals surface area contributed by atoms with Crippen molar-refractivity contribution in [3.63, 3.8) is 0 Å². The molecule has 3 N–H and O–H groups in total. The van der Waals surface area contributed by atoms with E-state index in [1.165, 1.54) is 36.6 Å². The van der Waals surface area contributed by atoms with Crippen LogP contribution in [0, 0.1) is 12.8 Å². The summed E-state index contributed by atoms with van der Waals surface area (Å²) >= 11 is 0. The first kappa shape index (κ1) is 13.7. The fourth-order valence-corrected chi connectivity index (χ4v) is 3.00. The molecule has 1 aliphatic rings. The summed E-state index contributed by atoms with van der Waals surface area (Å²) in [5.41, 5.74) is 8.16. The van der Waals surface area contributed by atoms with E-state index in [0.717, 1.165) is 23.8 Å². The van der Waals surface area contributed by atoms with Crippen molar-refractivity contribution < 1.29 is 4.42 Å². The van der Waals surface area contributed by atoms with Crippen LogP contribution in [-0.4, -0.2) is 13.1 Å². The van der Waals surface area contributed by atoms with Gasteiger partial charge in [-0.3, -0.25) is 0 Å². The molecule has 0 radical (unpaired) electrons. The fraction of sp³-hybridized carbons (Fsp3) is 0.529. The van der Waals surface area contributed by atoms with Gasteiger partial charge in [-0.1, -0.05) is 31.0 Å². The highest BCUT2D eigenvalue weighted by molar-refractivity contribution is 5.82. The van der Waals surface area contributed by atoms with E-state index >= 15 is 0 Å². The lowest BCUT2D eigenvalue weighted by Gasteiger charge is -2.17. The van der Waals surface area contributed by atoms with Crippen LogP contribution < -0.4 is 11.1 Å². The number of aryl methyl sites for hydroxylation is 1. The molecule has 0 spiro atoms. The Bertz CT molecular complexity index is 571. The molecular weight excluding hydrogens is 248 g/mol. The van der Waals surface area contributed by atoms with Crippen molar-refractivity contribution in [2.24, 2.45) is 11.7 Å². The lowest BCUT2D eigenvalue weighted by atomic mass is 10.0. The Labute approximate surface area is 120 Å². The number of fused-ring (bicyclic) bond motifs is 1. The largest absolute Gasteiger partial charge is 0.461 e. The van der Waals surface area contributed by atoms with Gasteiger partial charge in [0.1, 0.15) is 11.3 Å².